The molecular weight excluding hydrogens is 354 g/mol. The monoisotopic (exact) mass is 379 g/mol. The van der Waals surface area contributed by atoms with Gasteiger partial charge in [0.05, 0.1) is 5.69 Å². The van der Waals surface area contributed by atoms with Gasteiger partial charge in [-0.3, -0.25) is 0 Å². The summed E-state index contributed by atoms with van der Waals surface area (Å²) in [4.78, 5) is 4.98. The van der Waals surface area contributed by atoms with E-state index in [1.165, 1.54) is 5.56 Å². The van der Waals surface area contributed by atoms with Gasteiger partial charge in [-0.25, -0.2) is 4.98 Å². The van der Waals surface area contributed by atoms with E-state index in [0.717, 1.165) is 57.5 Å². The van der Waals surface area contributed by atoms with Crippen LogP contribution in [0, 0.1) is 0 Å². The van der Waals surface area contributed by atoms with E-state index in [1.807, 2.05) is 43.3 Å². The van der Waals surface area contributed by atoms with Crippen molar-refractivity contribution in [3.63, 3.8) is 0 Å². The van der Waals surface area contributed by atoms with Crippen LogP contribution < -0.4 is 0 Å². The van der Waals surface area contributed by atoms with Crippen LogP contribution in [-0.4, -0.2) is 4.98 Å². The van der Waals surface area contributed by atoms with E-state index in [1.54, 1.807) is 0 Å². The molecule has 2 aromatic carbocycles. The second-order valence-electron chi connectivity index (χ2n) is 7.76. The molecule has 0 unspecified atom stereocenters. The van der Waals surface area contributed by atoms with E-state index in [-0.39, 0.29) is 0 Å². The Bertz CT molecular complexity index is 1150. The third-order valence-electron chi connectivity index (χ3n) is 4.92. The zero-order valence-corrected chi connectivity index (χ0v) is 17.0. The fourth-order valence-corrected chi connectivity index (χ4v) is 3.72. The minimum atomic E-state index is 0.671. The summed E-state index contributed by atoms with van der Waals surface area (Å²) in [6, 6.07) is 22.7. The lowest BCUT2D eigenvalue weighted by molar-refractivity contribution is 0.615. The van der Waals surface area contributed by atoms with Crippen LogP contribution in [0.3, 0.4) is 0 Å². The highest BCUT2D eigenvalue weighted by atomic mass is 16.3. The number of pyridine rings is 1. The minimum Gasteiger partial charge on any atom is -0.437 e. The number of furan rings is 1. The lowest BCUT2D eigenvalue weighted by atomic mass is 9.96. The highest BCUT2D eigenvalue weighted by Gasteiger charge is 2.20. The number of aromatic nitrogens is 1. The molecule has 2 heterocycles. The number of hydrogen-bond acceptors (Lipinski definition) is 2. The average Bonchev–Trinajstić information content (AvgIpc) is 3.05. The number of nitrogens with zero attached hydrogens (tertiary/aromatic N) is 1. The molecule has 0 atom stereocenters. The van der Waals surface area contributed by atoms with Crippen molar-refractivity contribution >= 4 is 11.1 Å². The number of rotatable bonds is 6. The Morgan fingerprint density at radius 3 is 2.00 bits per heavy atom. The zero-order valence-electron chi connectivity index (χ0n) is 17.0. The largest absolute Gasteiger partial charge is 0.437 e. The fraction of sp³-hybridized carbons (Fsp3) is 0.148. The maximum atomic E-state index is 6.33. The van der Waals surface area contributed by atoms with E-state index >= 15 is 0 Å². The summed E-state index contributed by atoms with van der Waals surface area (Å²) in [6.45, 7) is 12.4. The summed E-state index contributed by atoms with van der Waals surface area (Å²) in [5.41, 5.74) is 8.29. The van der Waals surface area contributed by atoms with E-state index in [9.17, 15) is 0 Å². The van der Waals surface area contributed by atoms with Crippen molar-refractivity contribution in [3.8, 4) is 22.6 Å². The smallest absolute Gasteiger partial charge is 0.227 e. The quantitative estimate of drug-likeness (QED) is 0.326. The summed E-state index contributed by atoms with van der Waals surface area (Å²) in [7, 11) is 0. The van der Waals surface area contributed by atoms with E-state index in [2.05, 4.69) is 50.4 Å². The van der Waals surface area contributed by atoms with Gasteiger partial charge in [-0.2, -0.15) is 0 Å². The number of benzene rings is 2. The molecule has 0 amide bonds. The van der Waals surface area contributed by atoms with Gasteiger partial charge in [0.2, 0.25) is 5.71 Å². The molecule has 0 aliphatic heterocycles. The molecule has 0 N–H and O–H groups in total. The normalized spacial score (nSPS) is 11.0. The zero-order chi connectivity index (χ0) is 20.4. The van der Waals surface area contributed by atoms with Crippen LogP contribution >= 0.6 is 0 Å². The molecule has 0 spiro atoms. The summed E-state index contributed by atoms with van der Waals surface area (Å²) in [5, 5.41) is 1.06. The Kier molecular flexibility index (Phi) is 5.18. The lowest BCUT2D eigenvalue weighted by Crippen LogP contribution is -1.96. The van der Waals surface area contributed by atoms with Gasteiger partial charge in [-0.1, -0.05) is 85.0 Å². The molecule has 4 aromatic rings. The van der Waals surface area contributed by atoms with E-state index in [4.69, 9.17) is 9.40 Å². The van der Waals surface area contributed by atoms with Crippen LogP contribution in [0.1, 0.15) is 25.0 Å². The Morgan fingerprint density at radius 2 is 1.41 bits per heavy atom. The predicted octanol–water partition coefficient (Wildman–Crippen LogP) is 7.40. The molecule has 0 saturated heterocycles. The van der Waals surface area contributed by atoms with Gasteiger partial charge in [0.15, 0.2) is 0 Å². The maximum Gasteiger partial charge on any atom is 0.227 e. The molecule has 29 heavy (non-hydrogen) atoms. The fourth-order valence-electron chi connectivity index (χ4n) is 3.72. The lowest BCUT2D eigenvalue weighted by Gasteiger charge is -2.10. The van der Waals surface area contributed by atoms with Crippen LogP contribution in [0.5, 0.6) is 0 Å². The highest BCUT2D eigenvalue weighted by molar-refractivity contribution is 5.89. The Hall–Kier alpha value is -3.39. The van der Waals surface area contributed by atoms with Gasteiger partial charge < -0.3 is 4.42 Å². The Balaban J connectivity index is 2.00. The first-order valence-corrected chi connectivity index (χ1v) is 9.88. The second kappa shape index (κ2) is 7.92. The predicted molar refractivity (Wildman–Crippen MR) is 122 cm³/mol. The number of allylic oxidation sites excluding steroid dienone is 2. The first-order chi connectivity index (χ1) is 14.0. The topological polar surface area (TPSA) is 26.0 Å². The molecule has 2 heteroatoms. The highest BCUT2D eigenvalue weighted by Crippen LogP contribution is 2.37. The standard InChI is InChI=1S/C27H25NO/c1-18(2)15-22-17-24-23(16-19(3)4)26(21-13-9-6-10-14-21)29-27(24)28-25(22)20-11-7-5-8-12-20/h5-14,17H,1,3,15-16H2,2,4H3. The van der Waals surface area contributed by atoms with Gasteiger partial charge in [0, 0.05) is 22.1 Å². The Labute approximate surface area is 172 Å². The number of fused-ring (bicyclic) bond motifs is 1. The average molecular weight is 380 g/mol. The molecule has 144 valence electrons. The molecule has 4 rings (SSSR count). The van der Waals surface area contributed by atoms with Crippen LogP contribution in [0.4, 0.5) is 0 Å². The first kappa shape index (κ1) is 18.9. The maximum absolute atomic E-state index is 6.33. The molecule has 0 bridgehead atoms. The van der Waals surface area contributed by atoms with Crippen molar-refractivity contribution < 1.29 is 4.42 Å². The minimum absolute atomic E-state index is 0.671. The SMILES string of the molecule is C=C(C)Cc1cc2c(CC(=C)C)c(-c3ccccc3)oc2nc1-c1ccccc1. The van der Waals surface area contributed by atoms with Crippen molar-refractivity contribution in [1.29, 1.82) is 0 Å². The van der Waals surface area contributed by atoms with Gasteiger partial charge in [0.25, 0.3) is 0 Å². The molecule has 0 aliphatic rings. The number of hydrogen-bond donors (Lipinski definition) is 0. The van der Waals surface area contributed by atoms with Crippen molar-refractivity contribution in [1.82, 2.24) is 4.98 Å². The molecule has 0 radical (unpaired) electrons. The molecule has 2 aromatic heterocycles. The second-order valence-corrected chi connectivity index (χ2v) is 7.76. The Morgan fingerprint density at radius 1 is 0.828 bits per heavy atom. The van der Waals surface area contributed by atoms with Crippen LogP contribution in [0.15, 0.2) is 95.5 Å². The van der Waals surface area contributed by atoms with Crippen LogP contribution in [0.25, 0.3) is 33.7 Å². The van der Waals surface area contributed by atoms with Gasteiger partial charge in [-0.05, 0) is 38.3 Å². The summed E-state index contributed by atoms with van der Waals surface area (Å²) in [6.07, 6.45) is 1.54. The summed E-state index contributed by atoms with van der Waals surface area (Å²) < 4.78 is 6.33. The van der Waals surface area contributed by atoms with Crippen molar-refractivity contribution in [2.45, 2.75) is 26.7 Å². The first-order valence-electron chi connectivity index (χ1n) is 9.88. The molecular formula is C27H25NO. The molecule has 0 aliphatic carbocycles. The summed E-state index contributed by atoms with van der Waals surface area (Å²) >= 11 is 0. The third-order valence-corrected chi connectivity index (χ3v) is 4.92. The van der Waals surface area contributed by atoms with Crippen molar-refractivity contribution in [3.05, 3.63) is 102 Å². The van der Waals surface area contributed by atoms with Crippen LogP contribution in [0.2, 0.25) is 0 Å². The van der Waals surface area contributed by atoms with E-state index in [0.29, 0.717) is 5.71 Å². The van der Waals surface area contributed by atoms with Crippen LogP contribution in [-0.2, 0) is 12.8 Å². The summed E-state index contributed by atoms with van der Waals surface area (Å²) in [5.74, 6) is 0.877. The van der Waals surface area contributed by atoms with Gasteiger partial charge in [0.1, 0.15) is 5.76 Å². The molecule has 0 fully saturated rings. The van der Waals surface area contributed by atoms with Crippen molar-refractivity contribution in [2.75, 3.05) is 0 Å². The van der Waals surface area contributed by atoms with E-state index < -0.39 is 0 Å². The van der Waals surface area contributed by atoms with Gasteiger partial charge in [-0.15, -0.1) is 0 Å². The molecule has 2 nitrogen and oxygen atoms in total. The third kappa shape index (κ3) is 3.93. The molecule has 0 saturated carbocycles. The van der Waals surface area contributed by atoms with Gasteiger partial charge >= 0.3 is 0 Å². The van der Waals surface area contributed by atoms with Crippen molar-refractivity contribution in [2.24, 2.45) is 0 Å².